The van der Waals surface area contributed by atoms with E-state index in [1.54, 1.807) is 18.0 Å². The molecule has 2 aromatic heterocycles. The van der Waals surface area contributed by atoms with E-state index in [-0.39, 0.29) is 35.8 Å². The first-order valence-electron chi connectivity index (χ1n) is 15.8. The van der Waals surface area contributed by atoms with Crippen LogP contribution in [-0.4, -0.2) is 88.2 Å². The summed E-state index contributed by atoms with van der Waals surface area (Å²) in [5, 5.41) is 2.17. The molecule has 7 rings (SSSR count). The van der Waals surface area contributed by atoms with Crippen LogP contribution in [0.25, 0.3) is 32.9 Å². The first-order chi connectivity index (χ1) is 22.3. The third kappa shape index (κ3) is 5.13. The maximum Gasteiger partial charge on any atom is 0.319 e. The Kier molecular flexibility index (Phi) is 7.81. The van der Waals surface area contributed by atoms with Crippen LogP contribution in [0.2, 0.25) is 0 Å². The van der Waals surface area contributed by atoms with E-state index in [0.717, 1.165) is 35.7 Å². The largest absolute Gasteiger partial charge is 0.461 e. The number of likely N-dealkylation sites (N-methyl/N-ethyl adjacent to an activating group) is 1. The summed E-state index contributed by atoms with van der Waals surface area (Å²) < 4.78 is 37.6. The number of nitrogens with zero attached hydrogens (tertiary/aromatic N) is 6. The topological polar surface area (TPSA) is 74.7 Å². The number of aromatic nitrogens is 3. The average molecular weight is 623 g/mol. The van der Waals surface area contributed by atoms with Gasteiger partial charge in [-0.05, 0) is 50.3 Å². The van der Waals surface area contributed by atoms with Crippen molar-refractivity contribution in [2.75, 3.05) is 44.7 Å². The molecule has 3 aliphatic heterocycles. The Labute approximate surface area is 267 Å². The normalized spacial score (nSPS) is 22.6. The Bertz CT molecular complexity index is 1920. The first-order valence-corrected chi connectivity index (χ1v) is 15.8. The molecule has 0 N–H and O–H groups in total. The Morgan fingerprint density at radius 1 is 1.22 bits per heavy atom. The van der Waals surface area contributed by atoms with Crippen molar-refractivity contribution in [1.82, 2.24) is 24.8 Å². The van der Waals surface area contributed by atoms with Crippen LogP contribution in [0.1, 0.15) is 38.2 Å². The second-order valence-electron chi connectivity index (χ2n) is 12.5. The van der Waals surface area contributed by atoms with Crippen LogP contribution < -0.4 is 9.64 Å². The Balaban J connectivity index is 1.34. The van der Waals surface area contributed by atoms with Crippen LogP contribution in [-0.2, 0) is 4.79 Å². The number of fused-ring (bicyclic) bond motifs is 3. The van der Waals surface area contributed by atoms with Gasteiger partial charge in [0, 0.05) is 61.9 Å². The molecule has 0 saturated carbocycles. The summed E-state index contributed by atoms with van der Waals surface area (Å²) in [5.41, 5.74) is 1.22. The first kappa shape index (κ1) is 30.1. The third-order valence-electron chi connectivity index (χ3n) is 9.83. The summed E-state index contributed by atoms with van der Waals surface area (Å²) in [7, 11) is 1.88. The maximum atomic E-state index is 16.8. The maximum absolute atomic E-state index is 16.8. The number of carbonyl (C=O) groups excluding carboxylic acids is 1. The highest BCUT2D eigenvalue weighted by Crippen LogP contribution is 2.41. The fourth-order valence-corrected chi connectivity index (χ4v) is 7.53. The lowest BCUT2D eigenvalue weighted by atomic mass is 9.95. The van der Waals surface area contributed by atoms with Crippen molar-refractivity contribution < 1.29 is 18.3 Å². The van der Waals surface area contributed by atoms with E-state index < -0.39 is 17.5 Å². The Hall–Kier alpha value is -4.62. The molecule has 0 aliphatic carbocycles. The molecule has 0 bridgehead atoms. The second-order valence-corrected chi connectivity index (χ2v) is 12.5. The zero-order valence-electron chi connectivity index (χ0n) is 26.1. The third-order valence-corrected chi connectivity index (χ3v) is 9.83. The lowest BCUT2D eigenvalue weighted by molar-refractivity contribution is -0.125. The Morgan fingerprint density at radius 3 is 2.85 bits per heavy atom. The molecule has 3 saturated heterocycles. The van der Waals surface area contributed by atoms with Crippen molar-refractivity contribution >= 4 is 33.4 Å². The number of rotatable bonds is 7. The van der Waals surface area contributed by atoms with Crippen LogP contribution in [0.3, 0.4) is 0 Å². The highest BCUT2D eigenvalue weighted by Gasteiger charge is 2.49. The van der Waals surface area contributed by atoms with E-state index in [9.17, 15) is 9.18 Å². The number of alkyl halides is 1. The number of carbonyl (C=O) groups is 1. The lowest BCUT2D eigenvalue weighted by Gasteiger charge is -2.31. The predicted molar refractivity (Wildman–Crippen MR) is 175 cm³/mol. The second kappa shape index (κ2) is 12.0. The van der Waals surface area contributed by atoms with Gasteiger partial charge < -0.3 is 14.5 Å². The zero-order chi connectivity index (χ0) is 32.0. The van der Waals surface area contributed by atoms with E-state index in [4.69, 9.17) is 9.72 Å². The average Bonchev–Trinajstić information content (AvgIpc) is 3.78. The van der Waals surface area contributed by atoms with E-state index in [2.05, 4.69) is 33.3 Å². The van der Waals surface area contributed by atoms with Crippen LogP contribution in [0.4, 0.5) is 14.6 Å². The Morgan fingerprint density at radius 2 is 2.04 bits per heavy atom. The molecule has 4 aromatic rings. The number of amides is 1. The van der Waals surface area contributed by atoms with Gasteiger partial charge in [0.05, 0.1) is 10.9 Å². The molecule has 0 spiro atoms. The number of halogens is 2. The summed E-state index contributed by atoms with van der Waals surface area (Å²) >= 11 is 0. The van der Waals surface area contributed by atoms with Crippen LogP contribution in [0.15, 0.2) is 55.3 Å². The van der Waals surface area contributed by atoms with Crippen molar-refractivity contribution in [2.45, 2.75) is 50.4 Å². The van der Waals surface area contributed by atoms with Gasteiger partial charge in [0.2, 0.25) is 5.91 Å². The molecule has 5 heterocycles. The number of hydrogen-bond donors (Lipinski definition) is 0. The standard InChI is InChI=1S/C36H36F2N6O2/c1-4-9-23-10-6-11-24-12-7-13-27(30(23)24)32-31(38)33-28(19-39-32)34(42(3)26-14-17-43(21-26)29(45)5-2)41-35(40-33)46-22-36-15-8-16-44(36)20-25(37)18-36/h5-7,10-13,19,25-26H,2,8,14-18,20-22H2,1,3H3/t25-,26-,36+/m1/s1. The van der Waals surface area contributed by atoms with Crippen molar-refractivity contribution in [3.63, 3.8) is 0 Å². The fraction of sp³-hybridized carbons (Fsp3) is 0.389. The zero-order valence-corrected chi connectivity index (χ0v) is 26.1. The lowest BCUT2D eigenvalue weighted by Crippen LogP contribution is -2.43. The minimum absolute atomic E-state index is 0.0291. The quantitative estimate of drug-likeness (QED) is 0.198. The van der Waals surface area contributed by atoms with Gasteiger partial charge in [0.25, 0.3) is 0 Å². The molecule has 10 heteroatoms. The molecular weight excluding hydrogens is 586 g/mol. The fourth-order valence-electron chi connectivity index (χ4n) is 7.53. The van der Waals surface area contributed by atoms with Gasteiger partial charge in [-0.2, -0.15) is 9.97 Å². The SMILES string of the molecule is C=CC(=O)N1CC[C@@H](N(C)c2nc(OC[C@@]34CCCN3C[C@H](F)C4)nc3c(F)c(-c4cccc5cccc(C#CC)c45)ncc23)C1. The molecular formula is C36H36F2N6O2. The highest BCUT2D eigenvalue weighted by molar-refractivity contribution is 6.02. The molecule has 46 heavy (non-hydrogen) atoms. The predicted octanol–water partition coefficient (Wildman–Crippen LogP) is 5.53. The smallest absolute Gasteiger partial charge is 0.319 e. The molecule has 3 aliphatic rings. The van der Waals surface area contributed by atoms with Crippen molar-refractivity contribution in [1.29, 1.82) is 0 Å². The van der Waals surface area contributed by atoms with Gasteiger partial charge in [0.15, 0.2) is 5.82 Å². The number of pyridine rings is 1. The summed E-state index contributed by atoms with van der Waals surface area (Å²) in [5.74, 6) is 5.84. The van der Waals surface area contributed by atoms with Crippen LogP contribution in [0, 0.1) is 17.7 Å². The van der Waals surface area contributed by atoms with E-state index in [1.165, 1.54) is 6.08 Å². The number of benzene rings is 2. The van der Waals surface area contributed by atoms with Crippen molar-refractivity contribution in [3.05, 3.63) is 66.6 Å². The molecule has 3 atom stereocenters. The molecule has 1 amide bonds. The molecule has 236 valence electrons. The van der Waals surface area contributed by atoms with Gasteiger partial charge in [-0.1, -0.05) is 42.8 Å². The van der Waals surface area contributed by atoms with Crippen molar-refractivity contribution in [2.24, 2.45) is 0 Å². The highest BCUT2D eigenvalue weighted by atomic mass is 19.1. The van der Waals surface area contributed by atoms with Gasteiger partial charge in [0.1, 0.15) is 29.8 Å². The summed E-state index contributed by atoms with van der Waals surface area (Å²) in [4.78, 5) is 32.2. The number of hydrogen-bond acceptors (Lipinski definition) is 7. The van der Waals surface area contributed by atoms with E-state index >= 15 is 4.39 Å². The van der Waals surface area contributed by atoms with Gasteiger partial charge in [-0.15, -0.1) is 5.92 Å². The summed E-state index contributed by atoms with van der Waals surface area (Å²) in [6.07, 6.45) is 4.93. The molecule has 8 nitrogen and oxygen atoms in total. The molecule has 0 radical (unpaired) electrons. The van der Waals surface area contributed by atoms with E-state index in [0.29, 0.717) is 49.2 Å². The van der Waals surface area contributed by atoms with Gasteiger partial charge in [-0.25, -0.2) is 8.78 Å². The summed E-state index contributed by atoms with van der Waals surface area (Å²) in [6.45, 7) is 7.89. The monoisotopic (exact) mass is 622 g/mol. The molecule has 0 unspecified atom stereocenters. The van der Waals surface area contributed by atoms with Crippen molar-refractivity contribution in [3.8, 4) is 29.1 Å². The van der Waals surface area contributed by atoms with Gasteiger partial charge in [-0.3, -0.25) is 14.7 Å². The molecule has 3 fully saturated rings. The molecule has 2 aromatic carbocycles. The minimum Gasteiger partial charge on any atom is -0.461 e. The number of likely N-dealkylation sites (tertiary alicyclic amines) is 1. The summed E-state index contributed by atoms with van der Waals surface area (Å²) in [6, 6.07) is 11.5. The number of ether oxygens (including phenoxy) is 1. The number of anilines is 1. The van der Waals surface area contributed by atoms with Crippen LogP contribution in [0.5, 0.6) is 6.01 Å². The van der Waals surface area contributed by atoms with Gasteiger partial charge >= 0.3 is 6.01 Å². The van der Waals surface area contributed by atoms with Crippen LogP contribution >= 0.6 is 0 Å². The minimum atomic E-state index is -0.902. The van der Waals surface area contributed by atoms with E-state index in [1.807, 2.05) is 48.3 Å².